The van der Waals surface area contributed by atoms with Gasteiger partial charge in [-0.25, -0.2) is 0 Å². The van der Waals surface area contributed by atoms with Gasteiger partial charge in [-0.15, -0.1) is 0 Å². The molecule has 0 aliphatic carbocycles. The highest BCUT2D eigenvalue weighted by molar-refractivity contribution is 8.18. The first-order valence-electron chi connectivity index (χ1n) is 8.24. The average molecular weight is 353 g/mol. The predicted octanol–water partition coefficient (Wildman–Crippen LogP) is 4.24. The van der Waals surface area contributed by atoms with Gasteiger partial charge in [0.05, 0.1) is 4.91 Å². The monoisotopic (exact) mass is 353 g/mol. The summed E-state index contributed by atoms with van der Waals surface area (Å²) in [6.45, 7) is 8.42. The minimum absolute atomic E-state index is 0.00167. The zero-order valence-electron chi connectivity index (χ0n) is 15.5. The van der Waals surface area contributed by atoms with Gasteiger partial charge >= 0.3 is 0 Å². The van der Waals surface area contributed by atoms with Gasteiger partial charge in [0.25, 0.3) is 5.91 Å². The number of carbonyl (C=O) groups excluding carboxylic acids is 1. The van der Waals surface area contributed by atoms with E-state index in [4.69, 9.17) is 0 Å². The van der Waals surface area contributed by atoms with Crippen molar-refractivity contribution in [3.05, 3.63) is 57.2 Å². The molecule has 2 aromatic rings. The quantitative estimate of drug-likeness (QED) is 0.757. The summed E-state index contributed by atoms with van der Waals surface area (Å²) in [6, 6.07) is 8.69. The molecule has 3 rings (SSSR count). The first-order chi connectivity index (χ1) is 11.8. The highest BCUT2D eigenvalue weighted by Crippen LogP contribution is 2.33. The van der Waals surface area contributed by atoms with Crippen molar-refractivity contribution in [3.8, 4) is 5.69 Å². The Bertz CT molecular complexity index is 901. The molecule has 1 fully saturated rings. The van der Waals surface area contributed by atoms with Crippen LogP contribution in [0, 0.1) is 27.7 Å². The molecule has 1 aromatic carbocycles. The number of hydrogen-bond donors (Lipinski definition) is 0. The number of aromatic nitrogens is 1. The number of rotatable bonds is 2. The van der Waals surface area contributed by atoms with E-state index < -0.39 is 0 Å². The summed E-state index contributed by atoms with van der Waals surface area (Å²) >= 11 is 1.42. The van der Waals surface area contributed by atoms with E-state index in [1.165, 1.54) is 22.9 Å². The fourth-order valence-corrected chi connectivity index (χ4v) is 4.22. The van der Waals surface area contributed by atoms with Gasteiger partial charge in [0.15, 0.2) is 5.17 Å². The first-order valence-corrected chi connectivity index (χ1v) is 9.05. The highest BCUT2D eigenvalue weighted by atomic mass is 32.2. The molecule has 0 unspecified atom stereocenters. The van der Waals surface area contributed by atoms with Crippen LogP contribution in [0.15, 0.2) is 34.2 Å². The number of aryl methyl sites for hydroxylation is 3. The normalized spacial score (nSPS) is 18.0. The third-order valence-corrected chi connectivity index (χ3v) is 5.57. The number of amides is 1. The van der Waals surface area contributed by atoms with Crippen LogP contribution in [-0.4, -0.2) is 34.6 Å². The molecule has 0 radical (unpaired) electrons. The molecule has 1 aliphatic rings. The largest absolute Gasteiger partial charge is 0.318 e. The van der Waals surface area contributed by atoms with E-state index in [0.29, 0.717) is 4.91 Å². The van der Waals surface area contributed by atoms with Crippen LogP contribution in [0.3, 0.4) is 0 Å². The summed E-state index contributed by atoms with van der Waals surface area (Å²) < 4.78 is 2.25. The van der Waals surface area contributed by atoms with Crippen molar-refractivity contribution in [2.45, 2.75) is 27.7 Å². The van der Waals surface area contributed by atoms with E-state index in [9.17, 15) is 4.79 Å². The van der Waals surface area contributed by atoms with Gasteiger partial charge in [0.2, 0.25) is 0 Å². The molecule has 2 heterocycles. The molecule has 0 bridgehead atoms. The van der Waals surface area contributed by atoms with Crippen LogP contribution in [-0.2, 0) is 4.79 Å². The SMILES string of the molecule is CN=C1S/C(=C/c2cc(C)n(-c3cc(C)cc(C)c3)c2C)C(=O)N1C. The smallest absolute Gasteiger partial charge is 0.266 e. The van der Waals surface area contributed by atoms with Gasteiger partial charge in [-0.3, -0.25) is 14.7 Å². The lowest BCUT2D eigenvalue weighted by Crippen LogP contribution is -2.23. The molecular weight excluding hydrogens is 330 g/mol. The summed E-state index contributed by atoms with van der Waals surface area (Å²) in [7, 11) is 3.47. The van der Waals surface area contributed by atoms with E-state index in [1.54, 1.807) is 19.0 Å². The second-order valence-corrected chi connectivity index (χ2v) is 7.50. The molecular formula is C20H23N3OS. The van der Waals surface area contributed by atoms with Gasteiger partial charge in [-0.05, 0) is 80.4 Å². The van der Waals surface area contributed by atoms with E-state index in [1.807, 2.05) is 6.08 Å². The number of aliphatic imine (C=N–C) groups is 1. The number of benzene rings is 1. The van der Waals surface area contributed by atoms with Crippen LogP contribution in [0.1, 0.15) is 28.1 Å². The van der Waals surface area contributed by atoms with Gasteiger partial charge in [0.1, 0.15) is 0 Å². The molecule has 4 nitrogen and oxygen atoms in total. The van der Waals surface area contributed by atoms with Crippen LogP contribution >= 0.6 is 11.8 Å². The van der Waals surface area contributed by atoms with Gasteiger partial charge in [-0.1, -0.05) is 6.07 Å². The maximum absolute atomic E-state index is 12.4. The van der Waals surface area contributed by atoms with Crippen LogP contribution in [0.4, 0.5) is 0 Å². The Hall–Kier alpha value is -2.27. The van der Waals surface area contributed by atoms with E-state index in [-0.39, 0.29) is 5.91 Å². The second-order valence-electron chi connectivity index (χ2n) is 6.49. The fourth-order valence-electron chi connectivity index (χ4n) is 3.30. The molecule has 130 valence electrons. The van der Waals surface area contributed by atoms with Crippen LogP contribution < -0.4 is 0 Å². The van der Waals surface area contributed by atoms with Crippen molar-refractivity contribution in [2.24, 2.45) is 4.99 Å². The maximum atomic E-state index is 12.4. The Morgan fingerprint density at radius 1 is 1.04 bits per heavy atom. The molecule has 25 heavy (non-hydrogen) atoms. The number of hydrogen-bond acceptors (Lipinski definition) is 3. The van der Waals surface area contributed by atoms with Crippen molar-refractivity contribution >= 4 is 28.9 Å². The summed E-state index contributed by atoms with van der Waals surface area (Å²) in [6.07, 6.45) is 1.98. The third kappa shape index (κ3) is 3.16. The topological polar surface area (TPSA) is 37.6 Å². The standard InChI is InChI=1S/C20H23N3OS/c1-12-7-13(2)9-17(8-12)23-14(3)10-16(15(23)4)11-18-19(24)22(6)20(21-5)25-18/h7-11H,1-6H3/b18-11+,21-20?. The number of nitrogens with zero attached hydrogens (tertiary/aromatic N) is 3. The van der Waals surface area contributed by atoms with Crippen molar-refractivity contribution in [2.75, 3.05) is 14.1 Å². The van der Waals surface area contributed by atoms with Crippen molar-refractivity contribution in [3.63, 3.8) is 0 Å². The zero-order valence-corrected chi connectivity index (χ0v) is 16.4. The fraction of sp³-hybridized carbons (Fsp3) is 0.300. The second kappa shape index (κ2) is 6.56. The van der Waals surface area contributed by atoms with Crippen LogP contribution in [0.2, 0.25) is 0 Å². The predicted molar refractivity (Wildman–Crippen MR) is 106 cm³/mol. The Balaban J connectivity index is 2.07. The van der Waals surface area contributed by atoms with Crippen LogP contribution in [0.25, 0.3) is 11.8 Å². The summed E-state index contributed by atoms with van der Waals surface area (Å²) in [5.41, 5.74) is 7.01. The van der Waals surface area contributed by atoms with Gasteiger partial charge in [-0.2, -0.15) is 0 Å². The van der Waals surface area contributed by atoms with Crippen molar-refractivity contribution in [1.82, 2.24) is 9.47 Å². The van der Waals surface area contributed by atoms with Gasteiger partial charge < -0.3 is 4.57 Å². The lowest BCUT2D eigenvalue weighted by atomic mass is 10.1. The zero-order chi connectivity index (χ0) is 18.3. The minimum atomic E-state index is 0.00167. The molecule has 0 atom stereocenters. The molecule has 1 saturated heterocycles. The molecule has 5 heteroatoms. The molecule has 1 aliphatic heterocycles. The minimum Gasteiger partial charge on any atom is -0.318 e. The summed E-state index contributed by atoms with van der Waals surface area (Å²) in [4.78, 5) is 18.9. The van der Waals surface area contributed by atoms with E-state index >= 15 is 0 Å². The lowest BCUT2D eigenvalue weighted by molar-refractivity contribution is -0.121. The average Bonchev–Trinajstić information content (AvgIpc) is 2.97. The number of thioether (sulfide) groups is 1. The van der Waals surface area contributed by atoms with E-state index in [2.05, 4.69) is 61.5 Å². The molecule has 0 saturated carbocycles. The number of amidine groups is 1. The lowest BCUT2D eigenvalue weighted by Gasteiger charge is -2.12. The molecule has 0 spiro atoms. The molecule has 0 N–H and O–H groups in total. The Kier molecular flexibility index (Phi) is 4.60. The molecule has 1 aromatic heterocycles. The molecule has 1 amide bonds. The van der Waals surface area contributed by atoms with Crippen LogP contribution in [0.5, 0.6) is 0 Å². The first kappa shape index (κ1) is 17.5. The number of likely N-dealkylation sites (N-methyl/N-ethyl adjacent to an activating group) is 1. The Morgan fingerprint density at radius 2 is 1.68 bits per heavy atom. The highest BCUT2D eigenvalue weighted by Gasteiger charge is 2.30. The Labute approximate surface area is 153 Å². The maximum Gasteiger partial charge on any atom is 0.266 e. The van der Waals surface area contributed by atoms with Gasteiger partial charge in [0, 0.05) is 31.2 Å². The Morgan fingerprint density at radius 3 is 2.24 bits per heavy atom. The number of carbonyl (C=O) groups is 1. The summed E-state index contributed by atoms with van der Waals surface area (Å²) in [5.74, 6) is 0.00167. The van der Waals surface area contributed by atoms with Crippen molar-refractivity contribution in [1.29, 1.82) is 0 Å². The third-order valence-electron chi connectivity index (χ3n) is 4.42. The summed E-state index contributed by atoms with van der Waals surface area (Å²) in [5, 5.41) is 0.736. The van der Waals surface area contributed by atoms with E-state index in [0.717, 1.165) is 27.8 Å². The van der Waals surface area contributed by atoms with Crippen molar-refractivity contribution < 1.29 is 4.79 Å².